The van der Waals surface area contributed by atoms with Crippen LogP contribution in [0.4, 0.5) is 14.9 Å². The second-order valence-electron chi connectivity index (χ2n) is 8.49. The normalized spacial score (nSPS) is 21.4. The van der Waals surface area contributed by atoms with Crippen molar-refractivity contribution in [2.45, 2.75) is 58.0 Å². The molecule has 1 amide bonds. The smallest absolute Gasteiger partial charge is 0.409 e. The fraction of sp³-hybridized carbons (Fsp3) is 0.423. The number of hydrogen-bond acceptors (Lipinski definition) is 4. The van der Waals surface area contributed by atoms with E-state index in [0.29, 0.717) is 36.9 Å². The average molecular weight is 456 g/mol. The summed E-state index contributed by atoms with van der Waals surface area (Å²) < 4.78 is 19.0. The highest BCUT2D eigenvalue weighted by Gasteiger charge is 2.47. The number of ether oxygens (including phenoxy) is 1. The van der Waals surface area contributed by atoms with Crippen LogP contribution in [0.25, 0.3) is 0 Å². The Morgan fingerprint density at radius 2 is 1.85 bits per heavy atom. The number of carbonyl (C=O) groups excluding carboxylic acids is 2. The van der Waals surface area contributed by atoms with Gasteiger partial charge in [0.1, 0.15) is 17.8 Å². The summed E-state index contributed by atoms with van der Waals surface area (Å²) in [6.07, 6.45) is 1.34. The standard InChI is InChI=1S/C26H30FNO5/c1-3-6-22-21(14-11-16-9-12-18(27)13-10-16)24(29)23(25(30)33-22)20(4-2)17-7-5-8-19(15-17)28-26(31)32/h5,7-10,12-13,15,20-23,28H,3-4,6,11,14H2,1-2H3,(H,31,32). The first-order chi connectivity index (χ1) is 15.8. The Morgan fingerprint density at radius 1 is 1.12 bits per heavy atom. The summed E-state index contributed by atoms with van der Waals surface area (Å²) in [7, 11) is 0. The van der Waals surface area contributed by atoms with E-state index in [1.54, 1.807) is 36.4 Å². The number of anilines is 1. The van der Waals surface area contributed by atoms with Gasteiger partial charge in [0, 0.05) is 11.6 Å². The van der Waals surface area contributed by atoms with E-state index >= 15 is 0 Å². The first-order valence-corrected chi connectivity index (χ1v) is 11.4. The van der Waals surface area contributed by atoms with Crippen LogP contribution in [0, 0.1) is 17.7 Å². The molecule has 0 bridgehead atoms. The molecule has 4 unspecified atom stereocenters. The quantitative estimate of drug-likeness (QED) is 0.381. The van der Waals surface area contributed by atoms with E-state index in [1.807, 2.05) is 13.8 Å². The lowest BCUT2D eigenvalue weighted by atomic mass is 9.73. The van der Waals surface area contributed by atoms with E-state index < -0.39 is 35.9 Å². The predicted octanol–water partition coefficient (Wildman–Crippen LogP) is 5.57. The van der Waals surface area contributed by atoms with Gasteiger partial charge in [0.25, 0.3) is 0 Å². The number of hydrogen-bond donors (Lipinski definition) is 2. The van der Waals surface area contributed by atoms with E-state index in [1.165, 1.54) is 12.1 Å². The number of ketones is 1. The number of carboxylic acid groups (broad SMARTS) is 1. The number of halogens is 1. The van der Waals surface area contributed by atoms with Gasteiger partial charge >= 0.3 is 12.1 Å². The van der Waals surface area contributed by atoms with Crippen molar-refractivity contribution < 1.29 is 28.6 Å². The fourth-order valence-corrected chi connectivity index (χ4v) is 4.68. The highest BCUT2D eigenvalue weighted by atomic mass is 19.1. The van der Waals surface area contributed by atoms with E-state index in [2.05, 4.69) is 5.32 Å². The van der Waals surface area contributed by atoms with Crippen LogP contribution in [0.15, 0.2) is 48.5 Å². The predicted molar refractivity (Wildman–Crippen MR) is 123 cm³/mol. The molecule has 3 rings (SSSR count). The first-order valence-electron chi connectivity index (χ1n) is 11.4. The van der Waals surface area contributed by atoms with Crippen molar-refractivity contribution in [2.24, 2.45) is 11.8 Å². The molecule has 0 spiro atoms. The minimum absolute atomic E-state index is 0.129. The van der Waals surface area contributed by atoms with Crippen molar-refractivity contribution in [1.82, 2.24) is 0 Å². The maximum Gasteiger partial charge on any atom is 0.409 e. The van der Waals surface area contributed by atoms with Crippen molar-refractivity contribution in [3.8, 4) is 0 Å². The Morgan fingerprint density at radius 3 is 2.48 bits per heavy atom. The number of aryl methyl sites for hydroxylation is 1. The molecule has 1 aliphatic heterocycles. The molecule has 7 heteroatoms. The third-order valence-electron chi connectivity index (χ3n) is 6.28. The van der Waals surface area contributed by atoms with E-state index in [4.69, 9.17) is 9.84 Å². The highest BCUT2D eigenvalue weighted by molar-refractivity contribution is 6.03. The lowest BCUT2D eigenvalue weighted by Gasteiger charge is -2.37. The molecule has 1 saturated heterocycles. The lowest BCUT2D eigenvalue weighted by Crippen LogP contribution is -2.48. The number of amides is 1. The van der Waals surface area contributed by atoms with Gasteiger partial charge in [-0.05, 0) is 61.1 Å². The number of esters is 1. The number of benzene rings is 2. The van der Waals surface area contributed by atoms with Crippen LogP contribution in [0.2, 0.25) is 0 Å². The van der Waals surface area contributed by atoms with E-state index in [9.17, 15) is 18.8 Å². The highest BCUT2D eigenvalue weighted by Crippen LogP contribution is 2.39. The average Bonchev–Trinajstić information content (AvgIpc) is 2.77. The molecule has 0 aromatic heterocycles. The zero-order valence-corrected chi connectivity index (χ0v) is 18.9. The summed E-state index contributed by atoms with van der Waals surface area (Å²) >= 11 is 0. The number of carbonyl (C=O) groups is 3. The molecular formula is C26H30FNO5. The second-order valence-corrected chi connectivity index (χ2v) is 8.49. The van der Waals surface area contributed by atoms with Crippen molar-refractivity contribution in [1.29, 1.82) is 0 Å². The van der Waals surface area contributed by atoms with Gasteiger partial charge in [-0.25, -0.2) is 9.18 Å². The molecule has 33 heavy (non-hydrogen) atoms. The molecule has 2 aromatic carbocycles. The van der Waals surface area contributed by atoms with E-state index in [-0.39, 0.29) is 11.6 Å². The molecular weight excluding hydrogens is 425 g/mol. The van der Waals surface area contributed by atoms with Crippen LogP contribution in [0.3, 0.4) is 0 Å². The third kappa shape index (κ3) is 5.97. The summed E-state index contributed by atoms with van der Waals surface area (Å²) in [4.78, 5) is 37.7. The molecule has 1 fully saturated rings. The van der Waals surface area contributed by atoms with Crippen LogP contribution in [-0.4, -0.2) is 29.1 Å². The Hall–Kier alpha value is -3.22. The van der Waals surface area contributed by atoms with Gasteiger partial charge in [0.05, 0.1) is 5.92 Å². The summed E-state index contributed by atoms with van der Waals surface area (Å²) in [6.45, 7) is 3.88. The lowest BCUT2D eigenvalue weighted by molar-refractivity contribution is -0.172. The Bertz CT molecular complexity index is 990. The number of nitrogens with one attached hydrogen (secondary N) is 1. The zero-order chi connectivity index (χ0) is 24.0. The monoisotopic (exact) mass is 455 g/mol. The molecule has 2 aromatic rings. The van der Waals surface area contributed by atoms with Crippen LogP contribution >= 0.6 is 0 Å². The molecule has 6 nitrogen and oxygen atoms in total. The van der Waals surface area contributed by atoms with E-state index in [0.717, 1.165) is 12.0 Å². The van der Waals surface area contributed by atoms with Crippen LogP contribution in [-0.2, 0) is 20.7 Å². The van der Waals surface area contributed by atoms with Crippen LogP contribution < -0.4 is 5.32 Å². The molecule has 0 saturated carbocycles. The minimum atomic E-state index is -1.18. The van der Waals surface area contributed by atoms with Gasteiger partial charge in [-0.3, -0.25) is 14.9 Å². The Labute approximate surface area is 193 Å². The molecule has 4 atom stereocenters. The van der Waals surface area contributed by atoms with Gasteiger partial charge in [-0.2, -0.15) is 0 Å². The summed E-state index contributed by atoms with van der Waals surface area (Å²) in [5.41, 5.74) is 2.02. The largest absolute Gasteiger partial charge is 0.465 e. The van der Waals surface area contributed by atoms with Crippen molar-refractivity contribution in [3.05, 3.63) is 65.5 Å². The van der Waals surface area contributed by atoms with Crippen molar-refractivity contribution >= 4 is 23.5 Å². The van der Waals surface area contributed by atoms with Crippen LogP contribution in [0.5, 0.6) is 0 Å². The molecule has 0 radical (unpaired) electrons. The maximum atomic E-state index is 13.7. The third-order valence-corrected chi connectivity index (χ3v) is 6.28. The summed E-state index contributed by atoms with van der Waals surface area (Å²) in [5, 5.41) is 11.3. The number of rotatable bonds is 9. The SMILES string of the molecule is CCCC1OC(=O)C(C(CC)c2cccc(NC(=O)O)c2)C(=O)C1CCc1ccc(F)cc1. The van der Waals surface area contributed by atoms with Gasteiger partial charge in [-0.15, -0.1) is 0 Å². The molecule has 176 valence electrons. The molecule has 1 aliphatic rings. The fourth-order valence-electron chi connectivity index (χ4n) is 4.68. The molecule has 0 aliphatic carbocycles. The number of cyclic esters (lactones) is 1. The Kier molecular flexibility index (Phi) is 8.20. The second kappa shape index (κ2) is 11.1. The van der Waals surface area contributed by atoms with Gasteiger partial charge in [-0.1, -0.05) is 44.5 Å². The number of Topliss-reactive ketones (excluding diaryl/α,β-unsaturated/α-hetero) is 1. The maximum absolute atomic E-state index is 13.7. The summed E-state index contributed by atoms with van der Waals surface area (Å²) in [5.74, 6) is -2.75. The van der Waals surface area contributed by atoms with Gasteiger partial charge in [0.2, 0.25) is 0 Å². The zero-order valence-electron chi connectivity index (χ0n) is 18.9. The van der Waals surface area contributed by atoms with Gasteiger partial charge in [0.15, 0.2) is 5.78 Å². The molecule has 2 N–H and O–H groups in total. The first kappa shape index (κ1) is 24.4. The van der Waals surface area contributed by atoms with Crippen molar-refractivity contribution in [2.75, 3.05) is 5.32 Å². The van der Waals surface area contributed by atoms with Crippen molar-refractivity contribution in [3.63, 3.8) is 0 Å². The van der Waals surface area contributed by atoms with Gasteiger partial charge < -0.3 is 9.84 Å². The Balaban J connectivity index is 1.85. The topological polar surface area (TPSA) is 92.7 Å². The summed E-state index contributed by atoms with van der Waals surface area (Å²) in [6, 6.07) is 13.0. The minimum Gasteiger partial charge on any atom is -0.465 e. The molecule has 1 heterocycles. The van der Waals surface area contributed by atoms with Crippen LogP contribution in [0.1, 0.15) is 56.6 Å².